The summed E-state index contributed by atoms with van der Waals surface area (Å²) in [7, 11) is 0. The zero-order chi connectivity index (χ0) is 11.3. The summed E-state index contributed by atoms with van der Waals surface area (Å²) >= 11 is 1.91. The molecule has 0 aliphatic carbocycles. The van der Waals surface area contributed by atoms with E-state index in [0.29, 0.717) is 0 Å². The molecule has 0 saturated carbocycles. The van der Waals surface area contributed by atoms with Crippen molar-refractivity contribution in [3.05, 3.63) is 0 Å². The Labute approximate surface area is 97.8 Å². The predicted molar refractivity (Wildman–Crippen MR) is 67.6 cm³/mol. The number of nitrogens with zero attached hydrogens (tertiary/aromatic N) is 2. The fourth-order valence-corrected chi connectivity index (χ4v) is 2.38. The number of hydrogen-bond donors (Lipinski definition) is 1. The molecule has 1 N–H and O–H groups in total. The van der Waals surface area contributed by atoms with Crippen LogP contribution in [0.25, 0.3) is 0 Å². The van der Waals surface area contributed by atoms with E-state index < -0.39 is 5.60 Å². The maximum Gasteiger partial charge on any atom is 0.0718 e. The zero-order valence-corrected chi connectivity index (χ0v) is 11.0. The first-order valence-corrected chi connectivity index (χ1v) is 7.07. The van der Waals surface area contributed by atoms with Crippen molar-refractivity contribution in [3.63, 3.8) is 0 Å². The molecule has 0 spiro atoms. The van der Waals surface area contributed by atoms with E-state index in [-0.39, 0.29) is 0 Å². The van der Waals surface area contributed by atoms with Gasteiger partial charge in [-0.3, -0.25) is 9.80 Å². The molecule has 0 aromatic carbocycles. The van der Waals surface area contributed by atoms with Crippen LogP contribution in [0.2, 0.25) is 0 Å². The van der Waals surface area contributed by atoms with E-state index in [1.54, 1.807) is 0 Å². The molecule has 1 aliphatic rings. The number of rotatable bonds is 5. The molecule has 1 saturated heterocycles. The van der Waals surface area contributed by atoms with Gasteiger partial charge >= 0.3 is 0 Å². The number of thioether (sulfide) groups is 1. The first-order chi connectivity index (χ1) is 7.01. The molecule has 90 valence electrons. The van der Waals surface area contributed by atoms with Gasteiger partial charge in [-0.15, -0.1) is 0 Å². The first kappa shape index (κ1) is 13.3. The Bertz CT molecular complexity index is 174. The van der Waals surface area contributed by atoms with Gasteiger partial charge in [-0.25, -0.2) is 0 Å². The van der Waals surface area contributed by atoms with Crippen molar-refractivity contribution in [2.75, 3.05) is 51.3 Å². The topological polar surface area (TPSA) is 26.7 Å². The summed E-state index contributed by atoms with van der Waals surface area (Å²) in [5, 5.41) is 9.72. The third-order valence-corrected chi connectivity index (χ3v) is 3.28. The normalized spacial score (nSPS) is 20.8. The average Bonchev–Trinajstić information content (AvgIpc) is 2.14. The molecule has 1 aliphatic heterocycles. The van der Waals surface area contributed by atoms with Crippen molar-refractivity contribution in [3.8, 4) is 0 Å². The fourth-order valence-electron chi connectivity index (χ4n) is 1.94. The Morgan fingerprint density at radius 1 is 1.13 bits per heavy atom. The van der Waals surface area contributed by atoms with E-state index in [9.17, 15) is 5.11 Å². The highest BCUT2D eigenvalue weighted by molar-refractivity contribution is 7.98. The smallest absolute Gasteiger partial charge is 0.0718 e. The zero-order valence-electron chi connectivity index (χ0n) is 10.2. The first-order valence-electron chi connectivity index (χ1n) is 5.67. The summed E-state index contributed by atoms with van der Waals surface area (Å²) in [5.41, 5.74) is -0.554. The number of aliphatic hydroxyl groups is 1. The van der Waals surface area contributed by atoms with Gasteiger partial charge in [0.1, 0.15) is 0 Å². The summed E-state index contributed by atoms with van der Waals surface area (Å²) in [4.78, 5) is 4.87. The minimum Gasteiger partial charge on any atom is -0.389 e. The van der Waals surface area contributed by atoms with E-state index in [4.69, 9.17) is 0 Å². The molecule has 0 radical (unpaired) electrons. The Balaban J connectivity index is 2.18. The Morgan fingerprint density at radius 3 is 2.13 bits per heavy atom. The van der Waals surface area contributed by atoms with Crippen molar-refractivity contribution < 1.29 is 5.11 Å². The van der Waals surface area contributed by atoms with Crippen LogP contribution >= 0.6 is 11.8 Å². The van der Waals surface area contributed by atoms with Gasteiger partial charge in [0.05, 0.1) is 5.60 Å². The van der Waals surface area contributed by atoms with Gasteiger partial charge < -0.3 is 5.11 Å². The highest BCUT2D eigenvalue weighted by Crippen LogP contribution is 2.08. The lowest BCUT2D eigenvalue weighted by Gasteiger charge is -2.37. The second-order valence-electron chi connectivity index (χ2n) is 4.92. The second kappa shape index (κ2) is 6.09. The lowest BCUT2D eigenvalue weighted by Crippen LogP contribution is -2.50. The monoisotopic (exact) mass is 232 g/mol. The SMILES string of the molecule is CSCCN1CCN(CC(C)(C)O)CC1. The molecule has 4 heteroatoms. The molecule has 1 fully saturated rings. The summed E-state index contributed by atoms with van der Waals surface area (Å²) < 4.78 is 0. The van der Waals surface area contributed by atoms with E-state index in [1.807, 2.05) is 25.6 Å². The molecule has 0 amide bonds. The van der Waals surface area contributed by atoms with Gasteiger partial charge in [0.2, 0.25) is 0 Å². The molecule has 3 nitrogen and oxygen atoms in total. The molecular weight excluding hydrogens is 208 g/mol. The number of β-amino-alcohol motifs (C(OH)–C–C–N with tert-alkyl or cyclic N) is 1. The Kier molecular flexibility index (Phi) is 5.39. The Hall–Kier alpha value is 0.230. The van der Waals surface area contributed by atoms with Crippen LogP contribution < -0.4 is 0 Å². The van der Waals surface area contributed by atoms with Crippen LogP contribution in [0, 0.1) is 0 Å². The molecule has 0 aromatic heterocycles. The lowest BCUT2D eigenvalue weighted by atomic mass is 10.1. The third kappa shape index (κ3) is 5.76. The summed E-state index contributed by atoms with van der Waals surface area (Å²) in [6, 6.07) is 0. The van der Waals surface area contributed by atoms with Gasteiger partial charge in [0.15, 0.2) is 0 Å². The molecule has 0 bridgehead atoms. The van der Waals surface area contributed by atoms with Crippen molar-refractivity contribution in [1.82, 2.24) is 9.80 Å². The second-order valence-corrected chi connectivity index (χ2v) is 5.91. The highest BCUT2D eigenvalue weighted by Gasteiger charge is 2.22. The fraction of sp³-hybridized carbons (Fsp3) is 1.00. The van der Waals surface area contributed by atoms with Crippen LogP contribution in [0.1, 0.15) is 13.8 Å². The van der Waals surface area contributed by atoms with Gasteiger partial charge in [-0.2, -0.15) is 11.8 Å². The predicted octanol–water partition coefficient (Wildman–Crippen LogP) is 0.738. The standard InChI is InChI=1S/C11H24N2OS/c1-11(2,14)10-13-6-4-12(5-7-13)8-9-15-3/h14H,4-10H2,1-3H3. The minimum absolute atomic E-state index is 0.554. The third-order valence-electron chi connectivity index (χ3n) is 2.69. The van der Waals surface area contributed by atoms with Crippen LogP contribution in [0.5, 0.6) is 0 Å². The van der Waals surface area contributed by atoms with Crippen molar-refractivity contribution in [2.24, 2.45) is 0 Å². The molecule has 1 heterocycles. The number of hydrogen-bond acceptors (Lipinski definition) is 4. The van der Waals surface area contributed by atoms with Crippen molar-refractivity contribution in [1.29, 1.82) is 0 Å². The van der Waals surface area contributed by atoms with Crippen molar-refractivity contribution in [2.45, 2.75) is 19.4 Å². The highest BCUT2D eigenvalue weighted by atomic mass is 32.2. The molecule has 15 heavy (non-hydrogen) atoms. The van der Waals surface area contributed by atoms with Crippen LogP contribution in [0.4, 0.5) is 0 Å². The number of piperazine rings is 1. The molecular formula is C11H24N2OS. The molecule has 0 atom stereocenters. The Morgan fingerprint density at radius 2 is 1.67 bits per heavy atom. The minimum atomic E-state index is -0.554. The van der Waals surface area contributed by atoms with Crippen LogP contribution in [-0.2, 0) is 0 Å². The molecule has 0 aromatic rings. The van der Waals surface area contributed by atoms with Crippen molar-refractivity contribution >= 4 is 11.8 Å². The quantitative estimate of drug-likeness (QED) is 0.756. The summed E-state index contributed by atoms with van der Waals surface area (Å²) in [6.45, 7) is 10.3. The maximum atomic E-state index is 9.72. The lowest BCUT2D eigenvalue weighted by molar-refractivity contribution is 0.0187. The van der Waals surface area contributed by atoms with Crippen LogP contribution in [0.15, 0.2) is 0 Å². The average molecular weight is 232 g/mol. The van der Waals surface area contributed by atoms with E-state index >= 15 is 0 Å². The maximum absolute atomic E-state index is 9.72. The van der Waals surface area contributed by atoms with Gasteiger partial charge in [0, 0.05) is 45.0 Å². The van der Waals surface area contributed by atoms with E-state index in [2.05, 4.69) is 16.1 Å². The summed E-state index contributed by atoms with van der Waals surface area (Å²) in [5.74, 6) is 1.23. The van der Waals surface area contributed by atoms with Gasteiger partial charge in [-0.1, -0.05) is 0 Å². The van der Waals surface area contributed by atoms with Crippen LogP contribution in [0.3, 0.4) is 0 Å². The van der Waals surface area contributed by atoms with Crippen LogP contribution in [-0.4, -0.2) is 71.8 Å². The largest absolute Gasteiger partial charge is 0.389 e. The van der Waals surface area contributed by atoms with E-state index in [1.165, 1.54) is 12.3 Å². The molecule has 1 rings (SSSR count). The molecule has 0 unspecified atom stereocenters. The van der Waals surface area contributed by atoms with Gasteiger partial charge in [0.25, 0.3) is 0 Å². The summed E-state index contributed by atoms with van der Waals surface area (Å²) in [6.07, 6.45) is 2.16. The van der Waals surface area contributed by atoms with E-state index in [0.717, 1.165) is 32.7 Å². The van der Waals surface area contributed by atoms with Gasteiger partial charge in [-0.05, 0) is 20.1 Å².